The van der Waals surface area contributed by atoms with E-state index in [0.717, 1.165) is 23.3 Å². The van der Waals surface area contributed by atoms with Crippen LogP contribution in [-0.4, -0.2) is 36.4 Å². The van der Waals surface area contributed by atoms with Crippen LogP contribution in [0.4, 0.5) is 30.2 Å². The molecule has 0 saturated carbocycles. The van der Waals surface area contributed by atoms with Crippen LogP contribution in [0.15, 0.2) is 70.9 Å². The molecule has 1 aliphatic heterocycles. The number of carbonyl (C=O) groups excluding carboxylic acids is 1. The van der Waals surface area contributed by atoms with Crippen LogP contribution >= 0.6 is 0 Å². The topological polar surface area (TPSA) is 123 Å². The van der Waals surface area contributed by atoms with E-state index < -0.39 is 21.4 Å². The zero-order valence-corrected chi connectivity index (χ0v) is 21.1. The number of nitrogens with one attached hydrogen (secondary N) is 2. The number of nitrogens with zero attached hydrogens (tertiary/aromatic N) is 3. The minimum absolute atomic E-state index is 0.0246. The average Bonchev–Trinajstić information content (AvgIpc) is 3.12. The number of carbonyl (C=O) groups is 1. The summed E-state index contributed by atoms with van der Waals surface area (Å²) in [5, 5.41) is 20.4. The molecule has 0 saturated heterocycles. The van der Waals surface area contributed by atoms with E-state index in [4.69, 9.17) is 0 Å². The lowest BCUT2D eigenvalue weighted by molar-refractivity contribution is -0.112. The maximum atomic E-state index is 13.0. The monoisotopic (exact) mass is 545 g/mol. The van der Waals surface area contributed by atoms with Gasteiger partial charge in [-0.2, -0.15) is 36.8 Å². The molecule has 9 nitrogen and oxygen atoms in total. The van der Waals surface area contributed by atoms with Gasteiger partial charge >= 0.3 is 21.4 Å². The number of alkyl halides is 3. The van der Waals surface area contributed by atoms with Crippen molar-refractivity contribution in [2.24, 2.45) is 10.2 Å². The smallest absolute Gasteiger partial charge is 0.505 e. The zero-order valence-electron chi connectivity index (χ0n) is 20.3. The summed E-state index contributed by atoms with van der Waals surface area (Å²) in [5.41, 5.74) is 0.335. The third kappa shape index (κ3) is 5.18. The number of phenols is 1. The van der Waals surface area contributed by atoms with E-state index in [2.05, 4.69) is 15.6 Å². The van der Waals surface area contributed by atoms with E-state index in [1.165, 1.54) is 34.0 Å². The molecule has 13 heteroatoms. The molecular formula is C25H22F3N5O4S. The summed E-state index contributed by atoms with van der Waals surface area (Å²) in [5.74, 6) is -0.794. The van der Waals surface area contributed by atoms with Crippen molar-refractivity contribution in [1.82, 2.24) is 0 Å². The molecule has 4 rings (SSSR count). The van der Waals surface area contributed by atoms with Gasteiger partial charge in [-0.15, -0.1) is 0 Å². The number of benzene rings is 3. The van der Waals surface area contributed by atoms with Gasteiger partial charge in [0.2, 0.25) is 0 Å². The maximum absolute atomic E-state index is 13.0. The van der Waals surface area contributed by atoms with Crippen LogP contribution in [-0.2, 0) is 14.8 Å². The first-order valence-electron chi connectivity index (χ1n) is 11.1. The van der Waals surface area contributed by atoms with Gasteiger partial charge < -0.3 is 5.11 Å². The second-order valence-electron chi connectivity index (χ2n) is 8.48. The molecule has 0 radical (unpaired) electrons. The van der Waals surface area contributed by atoms with Gasteiger partial charge in [0.05, 0.1) is 17.1 Å². The van der Waals surface area contributed by atoms with Crippen molar-refractivity contribution in [2.75, 3.05) is 15.2 Å². The van der Waals surface area contributed by atoms with Crippen molar-refractivity contribution in [1.29, 1.82) is 0 Å². The summed E-state index contributed by atoms with van der Waals surface area (Å²) >= 11 is 0. The van der Waals surface area contributed by atoms with E-state index in [0.29, 0.717) is 11.4 Å². The Morgan fingerprint density at radius 2 is 1.68 bits per heavy atom. The minimum atomic E-state index is -5.62. The van der Waals surface area contributed by atoms with Crippen molar-refractivity contribution < 1.29 is 31.5 Å². The second-order valence-corrected chi connectivity index (χ2v) is 10.2. The number of sulfonamides is 1. The van der Waals surface area contributed by atoms with E-state index in [1.54, 1.807) is 19.1 Å². The zero-order chi connectivity index (χ0) is 27.8. The molecule has 0 aliphatic carbocycles. The third-order valence-corrected chi connectivity index (χ3v) is 6.89. The van der Waals surface area contributed by atoms with Crippen molar-refractivity contribution >= 4 is 44.4 Å². The molecule has 0 fully saturated rings. The summed E-state index contributed by atoms with van der Waals surface area (Å²) in [6, 6.07) is 15.1. The highest BCUT2D eigenvalue weighted by Gasteiger charge is 2.46. The first-order chi connectivity index (χ1) is 17.8. The van der Waals surface area contributed by atoms with Crippen LogP contribution in [0.25, 0.3) is 11.1 Å². The summed E-state index contributed by atoms with van der Waals surface area (Å²) in [7, 11) is -5.62. The molecule has 3 N–H and O–H groups in total. The summed E-state index contributed by atoms with van der Waals surface area (Å²) in [6.07, 6.45) is 0. The molecule has 0 atom stereocenters. The number of rotatable bonds is 6. The number of halogens is 3. The average molecular weight is 546 g/mol. The predicted molar refractivity (Wildman–Crippen MR) is 140 cm³/mol. The molecule has 3 aromatic carbocycles. The standard InChI is InChI=1S/C25H22F3N5O4S/c1-14-10-11-19(12-15(14)2)33-24(35)22(16(3)31-33)30-29-21-9-5-8-20(23(21)34)17-6-4-7-18(13-17)32-38(36,37)25(26,27)28/h4-13,29,32,34H,1-3H3/b30-22-. The predicted octanol–water partition coefficient (Wildman–Crippen LogP) is 5.13. The molecule has 3 aromatic rings. The Morgan fingerprint density at radius 1 is 0.974 bits per heavy atom. The fourth-order valence-electron chi connectivity index (χ4n) is 3.60. The Morgan fingerprint density at radius 3 is 2.37 bits per heavy atom. The molecule has 38 heavy (non-hydrogen) atoms. The van der Waals surface area contributed by atoms with Crippen LogP contribution < -0.4 is 15.2 Å². The Hall–Kier alpha value is -4.39. The number of hydrogen-bond acceptors (Lipinski definition) is 7. The number of anilines is 3. The van der Waals surface area contributed by atoms with Gasteiger partial charge in [-0.1, -0.05) is 30.3 Å². The molecule has 0 unspecified atom stereocenters. The summed E-state index contributed by atoms with van der Waals surface area (Å²) in [4.78, 5) is 13.0. The number of aryl methyl sites for hydroxylation is 2. The van der Waals surface area contributed by atoms with Crippen LogP contribution in [0.5, 0.6) is 5.75 Å². The Bertz CT molecular complexity index is 1600. The molecular weight excluding hydrogens is 523 g/mol. The molecule has 0 aromatic heterocycles. The fraction of sp³-hybridized carbons (Fsp3) is 0.160. The van der Waals surface area contributed by atoms with Gasteiger partial charge in [0.15, 0.2) is 5.71 Å². The summed E-state index contributed by atoms with van der Waals surface area (Å²) < 4.78 is 62.6. The fourth-order valence-corrected chi connectivity index (χ4v) is 4.16. The van der Waals surface area contributed by atoms with Gasteiger partial charge in [-0.25, -0.2) is 0 Å². The second kappa shape index (κ2) is 9.82. The van der Waals surface area contributed by atoms with Crippen LogP contribution in [0, 0.1) is 13.8 Å². The Kier molecular flexibility index (Phi) is 6.89. The third-order valence-electron chi connectivity index (χ3n) is 5.78. The first kappa shape index (κ1) is 26.7. The highest BCUT2D eigenvalue weighted by Crippen LogP contribution is 2.37. The highest BCUT2D eigenvalue weighted by molar-refractivity contribution is 7.93. The quantitative estimate of drug-likeness (QED) is 0.293. The largest absolute Gasteiger partial charge is 0.516 e. The Labute approximate surface area is 216 Å². The minimum Gasteiger partial charge on any atom is -0.505 e. The van der Waals surface area contributed by atoms with Crippen LogP contribution in [0.3, 0.4) is 0 Å². The molecule has 1 aliphatic rings. The van der Waals surface area contributed by atoms with Crippen LogP contribution in [0.1, 0.15) is 18.1 Å². The maximum Gasteiger partial charge on any atom is 0.516 e. The number of amides is 1. The molecule has 198 valence electrons. The van der Waals surface area contributed by atoms with E-state index in [1.807, 2.05) is 26.0 Å². The van der Waals surface area contributed by atoms with Crippen molar-refractivity contribution in [3.05, 3.63) is 71.8 Å². The lowest BCUT2D eigenvalue weighted by atomic mass is 10.0. The van der Waals surface area contributed by atoms with Gasteiger partial charge in [0.1, 0.15) is 5.75 Å². The number of aromatic hydroxyl groups is 1. The lowest BCUT2D eigenvalue weighted by Crippen LogP contribution is -2.29. The molecule has 0 spiro atoms. The van der Waals surface area contributed by atoms with Gasteiger partial charge in [-0.05, 0) is 67.8 Å². The van der Waals surface area contributed by atoms with Gasteiger partial charge in [0, 0.05) is 11.3 Å². The van der Waals surface area contributed by atoms with E-state index in [9.17, 15) is 31.5 Å². The SMILES string of the molecule is CC1=NN(c2ccc(C)c(C)c2)C(=O)/C1=N\Nc1cccc(-c2cccc(NS(=O)(=O)C(F)(F)F)c2)c1O. The lowest BCUT2D eigenvalue weighted by Gasteiger charge is -2.14. The first-order valence-corrected chi connectivity index (χ1v) is 12.6. The number of hydrogen-bond donors (Lipinski definition) is 3. The van der Waals surface area contributed by atoms with Gasteiger partial charge in [0.25, 0.3) is 0 Å². The highest BCUT2D eigenvalue weighted by atomic mass is 32.2. The van der Waals surface area contributed by atoms with Crippen molar-refractivity contribution in [3.63, 3.8) is 0 Å². The Balaban J connectivity index is 1.58. The normalized spacial score (nSPS) is 15.1. The van der Waals surface area contributed by atoms with Crippen molar-refractivity contribution in [3.8, 4) is 16.9 Å². The van der Waals surface area contributed by atoms with Gasteiger partial charge in [-0.3, -0.25) is 14.9 Å². The molecule has 1 amide bonds. The summed E-state index contributed by atoms with van der Waals surface area (Å²) in [6.45, 7) is 5.49. The van der Waals surface area contributed by atoms with E-state index in [-0.39, 0.29) is 34.0 Å². The van der Waals surface area contributed by atoms with Crippen LogP contribution in [0.2, 0.25) is 0 Å². The number of phenolic OH excluding ortho intramolecular Hbond substituents is 1. The number of hydrazone groups is 2. The molecule has 0 bridgehead atoms. The molecule has 1 heterocycles. The van der Waals surface area contributed by atoms with E-state index >= 15 is 0 Å². The number of para-hydroxylation sites is 1. The van der Waals surface area contributed by atoms with Crippen molar-refractivity contribution in [2.45, 2.75) is 26.3 Å².